The van der Waals surface area contributed by atoms with Crippen molar-refractivity contribution in [3.8, 4) is 12.1 Å². The molecular weight excluding hydrogens is 613 g/mol. The van der Waals surface area contributed by atoms with Crippen molar-refractivity contribution < 1.29 is 0 Å². The highest BCUT2D eigenvalue weighted by molar-refractivity contribution is 5.46. The van der Waals surface area contributed by atoms with Gasteiger partial charge in [0.15, 0.2) is 0 Å². The molecule has 0 unspecified atom stereocenters. The van der Waals surface area contributed by atoms with Gasteiger partial charge in [-0.3, -0.25) is 0 Å². The van der Waals surface area contributed by atoms with Crippen molar-refractivity contribution in [2.75, 3.05) is 0 Å². The smallest absolute Gasteiger partial charge is 0.106 e. The van der Waals surface area contributed by atoms with E-state index in [1.54, 1.807) is 0 Å². The van der Waals surface area contributed by atoms with Crippen LogP contribution in [0.15, 0.2) is 36.4 Å². The van der Waals surface area contributed by atoms with Crippen molar-refractivity contribution >= 4 is 0 Å². The van der Waals surface area contributed by atoms with Crippen LogP contribution in [0, 0.1) is 61.2 Å². The Bertz CT molecular complexity index is 1750. The van der Waals surface area contributed by atoms with E-state index < -0.39 is 0 Å². The van der Waals surface area contributed by atoms with E-state index in [0.29, 0.717) is 0 Å². The summed E-state index contributed by atoms with van der Waals surface area (Å²) in [6, 6.07) is 17.1. The predicted octanol–water partition coefficient (Wildman–Crippen LogP) is 10.6. The highest BCUT2D eigenvalue weighted by Crippen LogP contribution is 2.30. The molecule has 0 aliphatic rings. The monoisotopic (exact) mass is 675 g/mol. The van der Waals surface area contributed by atoms with E-state index >= 15 is 0 Å². The SMILES string of the molecule is Cc1nc(C)n(CC(C)(C)C)c1Cc1ccc(C#N)c(C(C)(C)C)c1.Cc1nc(C)n(Cc2ccc(C#N)c(C(C)(C)C)c2)c1CC(C)(C)C. The standard InChI is InChI=1S/2C22H31N3/c1-15-20(12-21(3,4)5)25(16(2)24-15)14-17-9-10-18(13-23)19(11-17)22(6,7)8;1-15-20(25(16(2)24-15)14-21(3,4)5)12-17-9-10-18(13-23)19(11-17)22(6,7)8/h2*9-11H,12,14H2,1-8H3. The summed E-state index contributed by atoms with van der Waals surface area (Å²) in [5, 5.41) is 18.8. The number of aromatic nitrogens is 4. The molecule has 0 saturated carbocycles. The molecule has 50 heavy (non-hydrogen) atoms. The molecular formula is C44H62N6. The molecule has 0 fully saturated rings. The fourth-order valence-corrected chi connectivity index (χ4v) is 6.56. The summed E-state index contributed by atoms with van der Waals surface area (Å²) in [4.78, 5) is 9.41. The molecule has 6 heteroatoms. The fraction of sp³-hybridized carbons (Fsp3) is 0.545. The van der Waals surface area contributed by atoms with Crippen LogP contribution in [0.5, 0.6) is 0 Å². The lowest BCUT2D eigenvalue weighted by molar-refractivity contribution is 0.335. The topological polar surface area (TPSA) is 83.2 Å². The van der Waals surface area contributed by atoms with Gasteiger partial charge in [-0.25, -0.2) is 9.97 Å². The van der Waals surface area contributed by atoms with Crippen LogP contribution >= 0.6 is 0 Å². The first kappa shape index (κ1) is 40.3. The summed E-state index contributed by atoms with van der Waals surface area (Å²) < 4.78 is 4.68. The molecule has 0 amide bonds. The third kappa shape index (κ3) is 10.4. The van der Waals surface area contributed by atoms with Crippen LogP contribution in [0.25, 0.3) is 0 Å². The second kappa shape index (κ2) is 15.0. The molecule has 268 valence electrons. The summed E-state index contributed by atoms with van der Waals surface area (Å²) in [5.74, 6) is 2.13. The maximum Gasteiger partial charge on any atom is 0.106 e. The van der Waals surface area contributed by atoms with Gasteiger partial charge < -0.3 is 9.13 Å². The lowest BCUT2D eigenvalue weighted by Gasteiger charge is -2.23. The van der Waals surface area contributed by atoms with E-state index in [4.69, 9.17) is 9.97 Å². The van der Waals surface area contributed by atoms with Gasteiger partial charge in [0.1, 0.15) is 11.6 Å². The largest absolute Gasteiger partial charge is 0.331 e. The molecule has 0 radical (unpaired) electrons. The van der Waals surface area contributed by atoms with Gasteiger partial charge in [-0.05, 0) is 90.2 Å². The van der Waals surface area contributed by atoms with Gasteiger partial charge in [0.25, 0.3) is 0 Å². The number of aryl methyl sites for hydroxylation is 4. The minimum Gasteiger partial charge on any atom is -0.331 e. The van der Waals surface area contributed by atoms with Gasteiger partial charge in [-0.15, -0.1) is 0 Å². The Kier molecular flexibility index (Phi) is 12.1. The summed E-state index contributed by atoms with van der Waals surface area (Å²) in [7, 11) is 0. The predicted molar refractivity (Wildman–Crippen MR) is 208 cm³/mol. The quantitative estimate of drug-likeness (QED) is 0.204. The zero-order valence-electron chi connectivity index (χ0n) is 34.0. The third-order valence-corrected chi connectivity index (χ3v) is 8.99. The summed E-state index contributed by atoms with van der Waals surface area (Å²) in [5.41, 5.74) is 11.4. The maximum atomic E-state index is 9.42. The molecule has 2 aromatic heterocycles. The highest BCUT2D eigenvalue weighted by atomic mass is 15.1. The van der Waals surface area contributed by atoms with Crippen molar-refractivity contribution in [2.45, 2.75) is 148 Å². The van der Waals surface area contributed by atoms with Gasteiger partial charge >= 0.3 is 0 Å². The first-order valence-corrected chi connectivity index (χ1v) is 18.0. The zero-order valence-corrected chi connectivity index (χ0v) is 34.0. The normalized spacial score (nSPS) is 12.3. The molecule has 0 N–H and O–H groups in total. The average Bonchev–Trinajstić information content (AvgIpc) is 3.38. The number of rotatable bonds is 6. The summed E-state index contributed by atoms with van der Waals surface area (Å²) in [6.07, 6.45) is 1.85. The molecule has 4 rings (SSSR count). The first-order chi connectivity index (χ1) is 22.8. The number of benzene rings is 2. The summed E-state index contributed by atoms with van der Waals surface area (Å²) >= 11 is 0. The molecule has 0 bridgehead atoms. The number of imidazole rings is 2. The van der Waals surface area contributed by atoms with Crippen LogP contribution in [-0.2, 0) is 36.8 Å². The molecule has 0 spiro atoms. The molecule has 0 saturated heterocycles. The molecule has 0 aliphatic heterocycles. The van der Waals surface area contributed by atoms with Crippen LogP contribution in [-0.4, -0.2) is 19.1 Å². The van der Waals surface area contributed by atoms with Crippen LogP contribution in [0.4, 0.5) is 0 Å². The second-order valence-electron chi connectivity index (χ2n) is 18.5. The molecule has 4 aromatic rings. The fourth-order valence-electron chi connectivity index (χ4n) is 6.56. The van der Waals surface area contributed by atoms with Crippen molar-refractivity contribution in [3.63, 3.8) is 0 Å². The number of hydrogen-bond acceptors (Lipinski definition) is 4. The number of hydrogen-bond donors (Lipinski definition) is 0. The Hall–Kier alpha value is -4.16. The maximum absolute atomic E-state index is 9.42. The molecule has 2 aromatic carbocycles. The Labute approximate surface area is 303 Å². The van der Waals surface area contributed by atoms with Crippen molar-refractivity contribution in [2.24, 2.45) is 10.8 Å². The Morgan fingerprint density at radius 3 is 1.46 bits per heavy atom. The second-order valence-corrected chi connectivity index (χ2v) is 18.5. The number of nitriles is 2. The van der Waals surface area contributed by atoms with Crippen molar-refractivity contribution in [1.82, 2.24) is 19.1 Å². The van der Waals surface area contributed by atoms with Crippen LogP contribution in [0.3, 0.4) is 0 Å². The van der Waals surface area contributed by atoms with Gasteiger partial charge in [0.2, 0.25) is 0 Å². The van der Waals surface area contributed by atoms with Gasteiger partial charge in [0, 0.05) is 30.9 Å². The Morgan fingerprint density at radius 2 is 1.02 bits per heavy atom. The first-order valence-electron chi connectivity index (χ1n) is 18.0. The zero-order chi connectivity index (χ0) is 38.0. The highest BCUT2D eigenvalue weighted by Gasteiger charge is 2.23. The lowest BCUT2D eigenvalue weighted by atomic mass is 9.82. The van der Waals surface area contributed by atoms with Gasteiger partial charge in [0.05, 0.1) is 34.7 Å². The van der Waals surface area contributed by atoms with Crippen LogP contribution < -0.4 is 0 Å². The van der Waals surface area contributed by atoms with Crippen molar-refractivity contribution in [3.05, 3.63) is 104 Å². The van der Waals surface area contributed by atoms with Gasteiger partial charge in [-0.2, -0.15) is 10.5 Å². The van der Waals surface area contributed by atoms with Gasteiger partial charge in [-0.1, -0.05) is 107 Å². The number of nitrogens with zero attached hydrogens (tertiary/aromatic N) is 6. The van der Waals surface area contributed by atoms with E-state index in [9.17, 15) is 10.5 Å². The Morgan fingerprint density at radius 1 is 0.580 bits per heavy atom. The average molecular weight is 675 g/mol. The minimum absolute atomic E-state index is 0.0440. The third-order valence-electron chi connectivity index (χ3n) is 8.99. The van der Waals surface area contributed by atoms with E-state index in [0.717, 1.165) is 71.2 Å². The van der Waals surface area contributed by atoms with Crippen molar-refractivity contribution in [1.29, 1.82) is 10.5 Å². The van der Waals surface area contributed by atoms with Crippen LogP contribution in [0.2, 0.25) is 0 Å². The van der Waals surface area contributed by atoms with E-state index in [1.165, 1.54) is 22.5 Å². The summed E-state index contributed by atoms with van der Waals surface area (Å²) in [6.45, 7) is 36.6. The molecule has 0 atom stereocenters. The molecule has 6 nitrogen and oxygen atoms in total. The Balaban J connectivity index is 0.000000270. The van der Waals surface area contributed by atoms with E-state index in [1.807, 2.05) is 12.1 Å². The van der Waals surface area contributed by atoms with Crippen LogP contribution in [0.1, 0.15) is 151 Å². The minimum atomic E-state index is -0.0464. The van der Waals surface area contributed by atoms with E-state index in [-0.39, 0.29) is 21.7 Å². The molecule has 0 aliphatic carbocycles. The lowest BCUT2D eigenvalue weighted by Crippen LogP contribution is -2.19. The van der Waals surface area contributed by atoms with E-state index in [2.05, 4.69) is 156 Å². The molecule has 2 heterocycles.